The maximum atomic E-state index is 12.3. The molecule has 26 heavy (non-hydrogen) atoms. The first-order chi connectivity index (χ1) is 12.0. The van der Waals surface area contributed by atoms with Crippen LogP contribution in [-0.2, 0) is 16.0 Å². The van der Waals surface area contributed by atoms with E-state index in [1.807, 2.05) is 23.1 Å². The van der Waals surface area contributed by atoms with Gasteiger partial charge in [0.15, 0.2) is 0 Å². The number of piperazine rings is 1. The van der Waals surface area contributed by atoms with Gasteiger partial charge < -0.3 is 15.5 Å². The summed E-state index contributed by atoms with van der Waals surface area (Å²) in [5, 5.41) is 0. The van der Waals surface area contributed by atoms with Crippen LogP contribution in [-0.4, -0.2) is 53.8 Å². The summed E-state index contributed by atoms with van der Waals surface area (Å²) in [6.45, 7) is 6.55. The van der Waals surface area contributed by atoms with E-state index in [1.54, 1.807) is 4.90 Å². The molecule has 6 heteroatoms. The molecule has 0 aliphatic carbocycles. The molecule has 1 aliphatic heterocycles. The highest BCUT2D eigenvalue weighted by molar-refractivity contribution is 5.85. The minimum atomic E-state index is -0.423. The Balaban J connectivity index is 0.00000338. The molecule has 1 atom stereocenters. The third-order valence-electron chi connectivity index (χ3n) is 4.69. The summed E-state index contributed by atoms with van der Waals surface area (Å²) < 4.78 is 0. The fraction of sp³-hybridized carbons (Fsp3) is 0.600. The molecule has 2 rings (SSSR count). The van der Waals surface area contributed by atoms with E-state index >= 15 is 0 Å². The van der Waals surface area contributed by atoms with Crippen molar-refractivity contribution in [3.05, 3.63) is 35.9 Å². The second-order valence-corrected chi connectivity index (χ2v) is 7.28. The van der Waals surface area contributed by atoms with Crippen LogP contribution < -0.4 is 5.73 Å². The van der Waals surface area contributed by atoms with E-state index in [-0.39, 0.29) is 24.2 Å². The Morgan fingerprint density at radius 1 is 1.04 bits per heavy atom. The topological polar surface area (TPSA) is 66.6 Å². The van der Waals surface area contributed by atoms with E-state index in [0.717, 1.165) is 12.8 Å². The summed E-state index contributed by atoms with van der Waals surface area (Å²) in [5.41, 5.74) is 7.26. The van der Waals surface area contributed by atoms with Gasteiger partial charge in [-0.25, -0.2) is 0 Å². The van der Waals surface area contributed by atoms with Crippen molar-refractivity contribution in [2.45, 2.75) is 45.6 Å². The number of carbonyl (C=O) groups excluding carboxylic acids is 2. The van der Waals surface area contributed by atoms with E-state index < -0.39 is 6.04 Å². The van der Waals surface area contributed by atoms with Gasteiger partial charge in [0.1, 0.15) is 0 Å². The van der Waals surface area contributed by atoms with Gasteiger partial charge in [-0.15, -0.1) is 12.4 Å². The predicted molar refractivity (Wildman–Crippen MR) is 107 cm³/mol. The van der Waals surface area contributed by atoms with Gasteiger partial charge in [-0.3, -0.25) is 9.59 Å². The van der Waals surface area contributed by atoms with Crippen molar-refractivity contribution in [3.63, 3.8) is 0 Å². The first kappa shape index (κ1) is 22.5. The van der Waals surface area contributed by atoms with E-state index in [0.29, 0.717) is 44.9 Å². The van der Waals surface area contributed by atoms with Crippen molar-refractivity contribution in [2.75, 3.05) is 26.2 Å². The summed E-state index contributed by atoms with van der Waals surface area (Å²) in [6, 6.07) is 9.81. The number of hydrogen-bond donors (Lipinski definition) is 1. The minimum absolute atomic E-state index is 0. The molecule has 0 aromatic heterocycles. The molecule has 1 fully saturated rings. The Kier molecular flexibility index (Phi) is 9.66. The molecular formula is C20H32ClN3O2. The summed E-state index contributed by atoms with van der Waals surface area (Å²) in [4.78, 5) is 28.4. The Labute approximate surface area is 163 Å². The average Bonchev–Trinajstić information content (AvgIpc) is 2.61. The molecule has 2 N–H and O–H groups in total. The lowest BCUT2D eigenvalue weighted by molar-refractivity contribution is -0.140. The van der Waals surface area contributed by atoms with Crippen molar-refractivity contribution < 1.29 is 9.59 Å². The van der Waals surface area contributed by atoms with E-state index in [1.165, 1.54) is 5.56 Å². The molecule has 0 radical (unpaired) electrons. The van der Waals surface area contributed by atoms with Crippen molar-refractivity contribution in [1.82, 2.24) is 9.80 Å². The van der Waals surface area contributed by atoms with Crippen molar-refractivity contribution in [3.8, 4) is 0 Å². The lowest BCUT2D eigenvalue weighted by Gasteiger charge is -2.36. The molecule has 1 aliphatic rings. The number of aryl methyl sites for hydroxylation is 1. The van der Waals surface area contributed by atoms with E-state index in [2.05, 4.69) is 26.0 Å². The van der Waals surface area contributed by atoms with Crippen LogP contribution in [0.5, 0.6) is 0 Å². The number of nitrogens with zero attached hydrogens (tertiary/aromatic N) is 2. The number of hydrogen-bond acceptors (Lipinski definition) is 3. The van der Waals surface area contributed by atoms with Gasteiger partial charge in [-0.1, -0.05) is 44.2 Å². The number of carbonyl (C=O) groups is 2. The second-order valence-electron chi connectivity index (χ2n) is 7.28. The lowest BCUT2D eigenvalue weighted by atomic mass is 10.0. The van der Waals surface area contributed by atoms with Crippen LogP contribution >= 0.6 is 12.4 Å². The zero-order valence-corrected chi connectivity index (χ0v) is 16.7. The van der Waals surface area contributed by atoms with Gasteiger partial charge >= 0.3 is 0 Å². The standard InChI is InChI=1S/C20H31N3O2.ClH/c1-16(2)15-18(21)20(25)23-13-11-22(12-14-23)19(24)10-6-9-17-7-4-3-5-8-17;/h3-5,7-8,16,18H,6,9-15,21H2,1-2H3;1H/t18-;/m0./s1. The monoisotopic (exact) mass is 381 g/mol. The highest BCUT2D eigenvalue weighted by atomic mass is 35.5. The molecule has 0 spiro atoms. The smallest absolute Gasteiger partial charge is 0.239 e. The third-order valence-corrected chi connectivity index (χ3v) is 4.69. The highest BCUT2D eigenvalue weighted by Crippen LogP contribution is 2.11. The van der Waals surface area contributed by atoms with Crippen LogP contribution in [0.2, 0.25) is 0 Å². The van der Waals surface area contributed by atoms with Gasteiger partial charge in [-0.05, 0) is 30.7 Å². The first-order valence-corrected chi connectivity index (χ1v) is 9.33. The summed E-state index contributed by atoms with van der Waals surface area (Å²) in [7, 11) is 0. The zero-order chi connectivity index (χ0) is 18.2. The summed E-state index contributed by atoms with van der Waals surface area (Å²) in [5.74, 6) is 0.616. The van der Waals surface area contributed by atoms with Crippen LogP contribution in [0.4, 0.5) is 0 Å². The predicted octanol–water partition coefficient (Wildman–Crippen LogP) is 2.48. The lowest BCUT2D eigenvalue weighted by Crippen LogP contribution is -2.54. The Hall–Kier alpha value is -1.59. The van der Waals surface area contributed by atoms with Gasteiger partial charge in [0.2, 0.25) is 11.8 Å². The molecule has 0 unspecified atom stereocenters. The maximum Gasteiger partial charge on any atom is 0.239 e. The Morgan fingerprint density at radius 3 is 2.19 bits per heavy atom. The number of amides is 2. The SMILES string of the molecule is CC(C)C[C@H](N)C(=O)N1CCN(C(=O)CCCc2ccccc2)CC1.Cl. The van der Waals surface area contributed by atoms with E-state index in [4.69, 9.17) is 5.73 Å². The van der Waals surface area contributed by atoms with Gasteiger partial charge in [0, 0.05) is 32.6 Å². The number of halogens is 1. The molecule has 146 valence electrons. The first-order valence-electron chi connectivity index (χ1n) is 9.33. The number of benzene rings is 1. The maximum absolute atomic E-state index is 12.3. The van der Waals surface area contributed by atoms with Crippen molar-refractivity contribution in [2.24, 2.45) is 11.7 Å². The molecule has 0 saturated carbocycles. The largest absolute Gasteiger partial charge is 0.339 e. The normalized spacial score (nSPS) is 15.5. The highest BCUT2D eigenvalue weighted by Gasteiger charge is 2.27. The quantitative estimate of drug-likeness (QED) is 0.788. The van der Waals surface area contributed by atoms with Crippen molar-refractivity contribution >= 4 is 24.2 Å². The molecule has 5 nitrogen and oxygen atoms in total. The fourth-order valence-corrected chi connectivity index (χ4v) is 3.27. The van der Waals surface area contributed by atoms with Crippen LogP contribution in [0.25, 0.3) is 0 Å². The fourth-order valence-electron chi connectivity index (χ4n) is 3.27. The molecule has 0 bridgehead atoms. The molecule has 1 heterocycles. The number of rotatable bonds is 7. The zero-order valence-electron chi connectivity index (χ0n) is 15.9. The Bertz CT molecular complexity index is 557. The van der Waals surface area contributed by atoms with Gasteiger partial charge in [0.05, 0.1) is 6.04 Å². The second kappa shape index (κ2) is 11.2. The number of nitrogens with two attached hydrogens (primary N) is 1. The summed E-state index contributed by atoms with van der Waals surface area (Å²) in [6.07, 6.45) is 3.06. The van der Waals surface area contributed by atoms with Crippen LogP contribution in [0.15, 0.2) is 30.3 Å². The van der Waals surface area contributed by atoms with E-state index in [9.17, 15) is 9.59 Å². The van der Waals surface area contributed by atoms with Crippen LogP contribution in [0, 0.1) is 5.92 Å². The molecular weight excluding hydrogens is 350 g/mol. The molecule has 1 saturated heterocycles. The molecule has 2 amide bonds. The minimum Gasteiger partial charge on any atom is -0.339 e. The summed E-state index contributed by atoms with van der Waals surface area (Å²) >= 11 is 0. The Morgan fingerprint density at radius 2 is 1.62 bits per heavy atom. The van der Waals surface area contributed by atoms with Gasteiger partial charge in [0.25, 0.3) is 0 Å². The molecule has 1 aromatic carbocycles. The van der Waals surface area contributed by atoms with Crippen LogP contribution in [0.1, 0.15) is 38.7 Å². The van der Waals surface area contributed by atoms with Crippen LogP contribution in [0.3, 0.4) is 0 Å². The average molecular weight is 382 g/mol. The van der Waals surface area contributed by atoms with Gasteiger partial charge in [-0.2, -0.15) is 0 Å². The molecule has 1 aromatic rings. The third kappa shape index (κ3) is 6.96. The van der Waals surface area contributed by atoms with Crippen molar-refractivity contribution in [1.29, 1.82) is 0 Å².